The van der Waals surface area contributed by atoms with Gasteiger partial charge in [0.05, 0.1) is 6.54 Å². The fourth-order valence-corrected chi connectivity index (χ4v) is 4.74. The standard InChI is InChI=1S/C27H37N5O.HI/c1-3-28-27(30-18-23-16-26(33)31-25-11-7-6-10-24(23)25)29-17-21-8-4-5-9-22(21)19-32-14-12-20(2)13-15-32;/h4-11,20,23H,3,12-19H2,1-2H3,(H,31,33)(H2,28,29,30);1H. The summed E-state index contributed by atoms with van der Waals surface area (Å²) in [7, 11) is 0. The molecule has 34 heavy (non-hydrogen) atoms. The fourth-order valence-electron chi connectivity index (χ4n) is 4.74. The van der Waals surface area contributed by atoms with E-state index in [9.17, 15) is 4.79 Å². The molecule has 0 saturated carbocycles. The summed E-state index contributed by atoms with van der Waals surface area (Å²) in [6.45, 7) is 9.89. The van der Waals surface area contributed by atoms with Crippen LogP contribution >= 0.6 is 24.0 Å². The zero-order chi connectivity index (χ0) is 23.0. The van der Waals surface area contributed by atoms with E-state index in [4.69, 9.17) is 4.99 Å². The van der Waals surface area contributed by atoms with Gasteiger partial charge in [0, 0.05) is 37.7 Å². The van der Waals surface area contributed by atoms with E-state index in [0.717, 1.165) is 30.7 Å². The molecule has 4 rings (SSSR count). The number of amides is 1. The lowest BCUT2D eigenvalue weighted by Gasteiger charge is -2.30. The third-order valence-electron chi connectivity index (χ3n) is 6.76. The Morgan fingerprint density at radius 2 is 1.76 bits per heavy atom. The summed E-state index contributed by atoms with van der Waals surface area (Å²) in [5, 5.41) is 9.81. The van der Waals surface area contributed by atoms with Crippen LogP contribution in [0, 0.1) is 5.92 Å². The molecule has 184 valence electrons. The van der Waals surface area contributed by atoms with Crippen molar-refractivity contribution in [3.63, 3.8) is 0 Å². The maximum absolute atomic E-state index is 12.1. The minimum absolute atomic E-state index is 0. The van der Waals surface area contributed by atoms with Crippen LogP contribution in [0.15, 0.2) is 53.5 Å². The summed E-state index contributed by atoms with van der Waals surface area (Å²) in [5.41, 5.74) is 4.74. The molecular weight excluding hydrogens is 537 g/mol. The Kier molecular flexibility index (Phi) is 10.2. The van der Waals surface area contributed by atoms with Gasteiger partial charge in [-0.2, -0.15) is 0 Å². The van der Waals surface area contributed by atoms with E-state index in [2.05, 4.69) is 65.0 Å². The number of piperidine rings is 1. The molecule has 1 unspecified atom stereocenters. The number of benzene rings is 2. The smallest absolute Gasteiger partial charge is 0.225 e. The lowest BCUT2D eigenvalue weighted by Crippen LogP contribution is -2.40. The highest BCUT2D eigenvalue weighted by Crippen LogP contribution is 2.31. The second kappa shape index (κ2) is 13.1. The molecule has 1 amide bonds. The normalized spacial score (nSPS) is 19.1. The predicted octanol–water partition coefficient (Wildman–Crippen LogP) is 4.72. The van der Waals surface area contributed by atoms with E-state index in [1.165, 1.54) is 42.6 Å². The summed E-state index contributed by atoms with van der Waals surface area (Å²) in [5.74, 6) is 1.84. The predicted molar refractivity (Wildman–Crippen MR) is 151 cm³/mol. The average Bonchev–Trinajstić information content (AvgIpc) is 2.83. The van der Waals surface area contributed by atoms with Crippen LogP contribution in [0.25, 0.3) is 0 Å². The van der Waals surface area contributed by atoms with Crippen molar-refractivity contribution in [3.8, 4) is 0 Å². The van der Waals surface area contributed by atoms with Crippen molar-refractivity contribution in [1.29, 1.82) is 0 Å². The van der Waals surface area contributed by atoms with Crippen LogP contribution in [0.3, 0.4) is 0 Å². The largest absolute Gasteiger partial charge is 0.357 e. The Morgan fingerprint density at radius 1 is 1.06 bits per heavy atom. The van der Waals surface area contributed by atoms with Crippen LogP contribution in [0.1, 0.15) is 55.7 Å². The zero-order valence-corrected chi connectivity index (χ0v) is 22.7. The van der Waals surface area contributed by atoms with Crippen molar-refractivity contribution in [1.82, 2.24) is 15.5 Å². The SMILES string of the molecule is CCNC(=NCc1ccccc1CN1CCC(C)CC1)NCC1CC(=O)Nc2ccccc21.I. The first-order valence-electron chi connectivity index (χ1n) is 12.3. The highest BCUT2D eigenvalue weighted by Gasteiger charge is 2.24. The van der Waals surface area contributed by atoms with Gasteiger partial charge >= 0.3 is 0 Å². The van der Waals surface area contributed by atoms with Crippen molar-refractivity contribution in [3.05, 3.63) is 65.2 Å². The average molecular weight is 576 g/mol. The molecule has 2 aromatic rings. The van der Waals surface area contributed by atoms with E-state index < -0.39 is 0 Å². The van der Waals surface area contributed by atoms with Gasteiger partial charge in [-0.05, 0) is 61.5 Å². The highest BCUT2D eigenvalue weighted by atomic mass is 127. The van der Waals surface area contributed by atoms with Gasteiger partial charge in [-0.3, -0.25) is 9.69 Å². The quantitative estimate of drug-likeness (QED) is 0.254. The lowest BCUT2D eigenvalue weighted by molar-refractivity contribution is -0.116. The number of aliphatic imine (C=N–C) groups is 1. The molecule has 0 spiro atoms. The number of likely N-dealkylation sites (tertiary alicyclic amines) is 1. The summed E-state index contributed by atoms with van der Waals surface area (Å²) in [6.07, 6.45) is 3.06. The molecule has 2 heterocycles. The number of hydrogen-bond acceptors (Lipinski definition) is 3. The van der Waals surface area contributed by atoms with Gasteiger partial charge in [0.1, 0.15) is 0 Å². The van der Waals surface area contributed by atoms with Gasteiger partial charge in [0.15, 0.2) is 5.96 Å². The number of carbonyl (C=O) groups is 1. The monoisotopic (exact) mass is 575 g/mol. The first kappa shape index (κ1) is 26.5. The molecule has 2 aliphatic rings. The van der Waals surface area contributed by atoms with Crippen LogP contribution in [0.5, 0.6) is 0 Å². The van der Waals surface area contributed by atoms with E-state index >= 15 is 0 Å². The number of carbonyl (C=O) groups excluding carboxylic acids is 1. The lowest BCUT2D eigenvalue weighted by atomic mass is 9.90. The molecule has 6 nitrogen and oxygen atoms in total. The minimum Gasteiger partial charge on any atom is -0.357 e. The third-order valence-corrected chi connectivity index (χ3v) is 6.76. The van der Waals surface area contributed by atoms with Gasteiger partial charge in [-0.1, -0.05) is 49.4 Å². The van der Waals surface area contributed by atoms with Crippen molar-refractivity contribution in [2.75, 3.05) is 31.5 Å². The van der Waals surface area contributed by atoms with E-state index in [1.807, 2.05) is 18.2 Å². The molecule has 2 aliphatic heterocycles. The topological polar surface area (TPSA) is 68.8 Å². The third kappa shape index (κ3) is 7.18. The van der Waals surface area contributed by atoms with Gasteiger partial charge in [-0.15, -0.1) is 24.0 Å². The number of hydrogen-bond donors (Lipinski definition) is 3. The maximum atomic E-state index is 12.1. The minimum atomic E-state index is 0. The van der Waals surface area contributed by atoms with Gasteiger partial charge in [0.2, 0.25) is 5.91 Å². The second-order valence-corrected chi connectivity index (χ2v) is 9.34. The number of fused-ring (bicyclic) bond motifs is 1. The number of nitrogens with one attached hydrogen (secondary N) is 3. The van der Waals surface area contributed by atoms with Crippen molar-refractivity contribution in [2.24, 2.45) is 10.9 Å². The zero-order valence-electron chi connectivity index (χ0n) is 20.3. The Balaban J connectivity index is 0.00000324. The molecule has 0 aliphatic carbocycles. The molecule has 0 aromatic heterocycles. The summed E-state index contributed by atoms with van der Waals surface area (Å²) in [6, 6.07) is 16.7. The van der Waals surface area contributed by atoms with Gasteiger partial charge in [0.25, 0.3) is 0 Å². The van der Waals surface area contributed by atoms with Crippen molar-refractivity contribution < 1.29 is 4.79 Å². The Labute approximate surface area is 221 Å². The van der Waals surface area contributed by atoms with Gasteiger partial charge < -0.3 is 16.0 Å². The van der Waals surface area contributed by atoms with Crippen LogP contribution in [0.2, 0.25) is 0 Å². The van der Waals surface area contributed by atoms with E-state index in [-0.39, 0.29) is 35.8 Å². The molecule has 2 aromatic carbocycles. The first-order valence-corrected chi connectivity index (χ1v) is 12.3. The molecule has 1 fully saturated rings. The molecule has 1 saturated heterocycles. The van der Waals surface area contributed by atoms with E-state index in [0.29, 0.717) is 19.5 Å². The highest BCUT2D eigenvalue weighted by molar-refractivity contribution is 14.0. The first-order chi connectivity index (χ1) is 16.1. The maximum Gasteiger partial charge on any atom is 0.225 e. The second-order valence-electron chi connectivity index (χ2n) is 9.34. The number of nitrogens with zero attached hydrogens (tertiary/aromatic N) is 2. The summed E-state index contributed by atoms with van der Waals surface area (Å²) >= 11 is 0. The number of para-hydroxylation sites is 1. The Morgan fingerprint density at radius 3 is 2.53 bits per heavy atom. The Bertz CT molecular complexity index is 971. The molecule has 0 radical (unpaired) electrons. The number of halogens is 1. The number of rotatable bonds is 7. The van der Waals surface area contributed by atoms with Crippen LogP contribution in [-0.2, 0) is 17.9 Å². The molecule has 1 atom stereocenters. The van der Waals surface area contributed by atoms with Crippen LogP contribution in [0.4, 0.5) is 5.69 Å². The van der Waals surface area contributed by atoms with Crippen LogP contribution < -0.4 is 16.0 Å². The summed E-state index contributed by atoms with van der Waals surface area (Å²) in [4.78, 5) is 19.6. The molecule has 7 heteroatoms. The van der Waals surface area contributed by atoms with Gasteiger partial charge in [-0.25, -0.2) is 4.99 Å². The molecular formula is C27H38IN5O. The van der Waals surface area contributed by atoms with E-state index in [1.54, 1.807) is 0 Å². The number of anilines is 1. The summed E-state index contributed by atoms with van der Waals surface area (Å²) < 4.78 is 0. The number of guanidine groups is 1. The fraction of sp³-hybridized carbons (Fsp3) is 0.481. The molecule has 3 N–H and O–H groups in total. The Hall–Kier alpha value is -2.13. The van der Waals surface area contributed by atoms with Crippen molar-refractivity contribution >= 4 is 41.5 Å². The van der Waals surface area contributed by atoms with Crippen molar-refractivity contribution in [2.45, 2.75) is 52.1 Å². The molecule has 0 bridgehead atoms. The van der Waals surface area contributed by atoms with Crippen LogP contribution in [-0.4, -0.2) is 42.9 Å².